The molecule has 0 aliphatic carbocycles. The SMILES string of the molecule is Clc1cncnc1N1CCN(Cc2ccc(Br)cc2)CC1. The first-order valence-corrected chi connectivity index (χ1v) is 8.07. The number of nitrogens with zero attached hydrogens (tertiary/aromatic N) is 4. The quantitative estimate of drug-likeness (QED) is 0.834. The lowest BCUT2D eigenvalue weighted by Crippen LogP contribution is -2.46. The van der Waals surface area contributed by atoms with Crippen molar-refractivity contribution in [1.82, 2.24) is 14.9 Å². The second-order valence-electron chi connectivity index (χ2n) is 5.08. The zero-order chi connectivity index (χ0) is 14.7. The fraction of sp³-hybridized carbons (Fsp3) is 0.333. The summed E-state index contributed by atoms with van der Waals surface area (Å²) in [5.41, 5.74) is 1.34. The van der Waals surface area contributed by atoms with Crippen LogP contribution in [0.5, 0.6) is 0 Å². The highest BCUT2D eigenvalue weighted by Gasteiger charge is 2.19. The van der Waals surface area contributed by atoms with E-state index >= 15 is 0 Å². The normalized spacial score (nSPS) is 16.2. The van der Waals surface area contributed by atoms with Crippen LogP contribution < -0.4 is 4.90 Å². The molecule has 1 aliphatic rings. The maximum atomic E-state index is 6.15. The Balaban J connectivity index is 1.58. The van der Waals surface area contributed by atoms with Crippen molar-refractivity contribution in [2.24, 2.45) is 0 Å². The first-order chi connectivity index (χ1) is 10.2. The summed E-state index contributed by atoms with van der Waals surface area (Å²) < 4.78 is 1.12. The number of benzene rings is 1. The first-order valence-electron chi connectivity index (χ1n) is 6.89. The lowest BCUT2D eigenvalue weighted by atomic mass is 10.2. The number of anilines is 1. The van der Waals surface area contributed by atoms with Crippen molar-refractivity contribution in [2.45, 2.75) is 6.54 Å². The second kappa shape index (κ2) is 6.73. The van der Waals surface area contributed by atoms with Gasteiger partial charge in [0.2, 0.25) is 0 Å². The Labute approximate surface area is 137 Å². The maximum Gasteiger partial charge on any atom is 0.150 e. The Morgan fingerprint density at radius 3 is 2.48 bits per heavy atom. The maximum absolute atomic E-state index is 6.15. The summed E-state index contributed by atoms with van der Waals surface area (Å²) >= 11 is 9.62. The number of hydrogen-bond acceptors (Lipinski definition) is 4. The Morgan fingerprint density at radius 1 is 1.10 bits per heavy atom. The fourth-order valence-corrected chi connectivity index (χ4v) is 2.99. The van der Waals surface area contributed by atoms with E-state index in [-0.39, 0.29) is 0 Å². The van der Waals surface area contributed by atoms with Crippen LogP contribution in [0.25, 0.3) is 0 Å². The Bertz CT molecular complexity index is 597. The lowest BCUT2D eigenvalue weighted by molar-refractivity contribution is 0.249. The summed E-state index contributed by atoms with van der Waals surface area (Å²) in [5.74, 6) is 0.843. The van der Waals surface area contributed by atoms with Gasteiger partial charge in [0, 0.05) is 37.2 Å². The van der Waals surface area contributed by atoms with Gasteiger partial charge in [-0.2, -0.15) is 0 Å². The van der Waals surface area contributed by atoms with Crippen molar-refractivity contribution in [3.05, 3.63) is 51.8 Å². The molecule has 2 heterocycles. The van der Waals surface area contributed by atoms with Crippen LogP contribution in [-0.4, -0.2) is 41.0 Å². The number of piperazine rings is 1. The average Bonchev–Trinajstić information content (AvgIpc) is 2.51. The van der Waals surface area contributed by atoms with Crippen LogP contribution in [0.1, 0.15) is 5.56 Å². The minimum atomic E-state index is 0.624. The van der Waals surface area contributed by atoms with E-state index in [9.17, 15) is 0 Å². The third kappa shape index (κ3) is 3.73. The smallest absolute Gasteiger partial charge is 0.150 e. The molecule has 0 atom stereocenters. The molecular formula is C15H16BrClN4. The average molecular weight is 368 g/mol. The third-order valence-electron chi connectivity index (χ3n) is 3.64. The highest BCUT2D eigenvalue weighted by atomic mass is 79.9. The van der Waals surface area contributed by atoms with Crippen LogP contribution in [0.4, 0.5) is 5.82 Å². The minimum Gasteiger partial charge on any atom is -0.353 e. The molecule has 0 spiro atoms. The van der Waals surface area contributed by atoms with Crippen molar-refractivity contribution in [1.29, 1.82) is 0 Å². The van der Waals surface area contributed by atoms with E-state index in [1.54, 1.807) is 12.5 Å². The van der Waals surface area contributed by atoms with Crippen molar-refractivity contribution in [3.63, 3.8) is 0 Å². The highest BCUT2D eigenvalue weighted by Crippen LogP contribution is 2.23. The van der Waals surface area contributed by atoms with Crippen LogP contribution in [0.15, 0.2) is 41.3 Å². The zero-order valence-electron chi connectivity index (χ0n) is 11.5. The van der Waals surface area contributed by atoms with Gasteiger partial charge < -0.3 is 4.90 Å². The van der Waals surface area contributed by atoms with Crippen LogP contribution in [0.2, 0.25) is 5.02 Å². The molecule has 1 aromatic heterocycles. The van der Waals surface area contributed by atoms with Gasteiger partial charge in [-0.25, -0.2) is 9.97 Å². The fourth-order valence-electron chi connectivity index (χ4n) is 2.50. The lowest BCUT2D eigenvalue weighted by Gasteiger charge is -2.35. The molecule has 1 fully saturated rings. The van der Waals surface area contributed by atoms with E-state index in [1.165, 1.54) is 5.56 Å². The van der Waals surface area contributed by atoms with Gasteiger partial charge in [-0.3, -0.25) is 4.90 Å². The largest absolute Gasteiger partial charge is 0.353 e. The van der Waals surface area contributed by atoms with Gasteiger partial charge in [0.1, 0.15) is 11.3 Å². The number of hydrogen-bond donors (Lipinski definition) is 0. The van der Waals surface area contributed by atoms with Crippen molar-refractivity contribution in [3.8, 4) is 0 Å². The molecule has 3 rings (SSSR count). The van der Waals surface area contributed by atoms with Crippen LogP contribution >= 0.6 is 27.5 Å². The molecule has 0 amide bonds. The van der Waals surface area contributed by atoms with E-state index in [0.717, 1.165) is 43.0 Å². The number of halogens is 2. The van der Waals surface area contributed by atoms with Gasteiger partial charge in [0.05, 0.1) is 6.20 Å². The molecule has 1 aliphatic heterocycles. The van der Waals surface area contributed by atoms with E-state index in [2.05, 4.69) is 60.0 Å². The molecule has 1 aromatic carbocycles. The molecule has 0 N–H and O–H groups in total. The van der Waals surface area contributed by atoms with E-state index in [4.69, 9.17) is 11.6 Å². The summed E-state index contributed by atoms with van der Waals surface area (Å²) in [6, 6.07) is 8.51. The van der Waals surface area contributed by atoms with Gasteiger partial charge in [-0.15, -0.1) is 0 Å². The Morgan fingerprint density at radius 2 is 1.81 bits per heavy atom. The predicted molar refractivity (Wildman–Crippen MR) is 88.7 cm³/mol. The third-order valence-corrected chi connectivity index (χ3v) is 4.43. The standard InChI is InChI=1S/C15H16BrClN4/c16-13-3-1-12(2-4-13)10-20-5-7-21(8-6-20)15-14(17)9-18-11-19-15/h1-4,9,11H,5-8,10H2. The summed E-state index contributed by atoms with van der Waals surface area (Å²) in [5, 5.41) is 0.624. The van der Waals surface area contributed by atoms with Crippen molar-refractivity contribution >= 4 is 33.3 Å². The van der Waals surface area contributed by atoms with Crippen molar-refractivity contribution in [2.75, 3.05) is 31.1 Å². The van der Waals surface area contributed by atoms with Gasteiger partial charge in [-0.1, -0.05) is 39.7 Å². The first kappa shape index (κ1) is 14.8. The summed E-state index contributed by atoms with van der Waals surface area (Å²) in [6.45, 7) is 4.88. The Hall–Kier alpha value is -1.17. The van der Waals surface area contributed by atoms with E-state index in [0.29, 0.717) is 5.02 Å². The monoisotopic (exact) mass is 366 g/mol. The molecule has 0 radical (unpaired) electrons. The molecule has 21 heavy (non-hydrogen) atoms. The van der Waals surface area contributed by atoms with E-state index < -0.39 is 0 Å². The molecular weight excluding hydrogens is 352 g/mol. The van der Waals surface area contributed by atoms with Crippen molar-refractivity contribution < 1.29 is 0 Å². The Kier molecular flexibility index (Phi) is 4.73. The van der Waals surface area contributed by atoms with E-state index in [1.807, 2.05) is 0 Å². The molecule has 6 heteroatoms. The number of rotatable bonds is 3. The molecule has 1 saturated heterocycles. The van der Waals surface area contributed by atoms with Gasteiger partial charge in [-0.05, 0) is 17.7 Å². The highest BCUT2D eigenvalue weighted by molar-refractivity contribution is 9.10. The molecule has 0 saturated carbocycles. The van der Waals surface area contributed by atoms with Crippen LogP contribution in [0.3, 0.4) is 0 Å². The molecule has 0 unspecified atom stereocenters. The zero-order valence-corrected chi connectivity index (χ0v) is 13.9. The van der Waals surface area contributed by atoms with Crippen LogP contribution in [-0.2, 0) is 6.54 Å². The summed E-state index contributed by atoms with van der Waals surface area (Å²) in [7, 11) is 0. The molecule has 2 aromatic rings. The topological polar surface area (TPSA) is 32.3 Å². The second-order valence-corrected chi connectivity index (χ2v) is 6.41. The molecule has 0 bridgehead atoms. The van der Waals surface area contributed by atoms with Gasteiger partial charge >= 0.3 is 0 Å². The minimum absolute atomic E-state index is 0.624. The van der Waals surface area contributed by atoms with Gasteiger partial charge in [0.25, 0.3) is 0 Å². The predicted octanol–water partition coefficient (Wildman–Crippen LogP) is 3.21. The molecule has 4 nitrogen and oxygen atoms in total. The van der Waals surface area contributed by atoms with Gasteiger partial charge in [0.15, 0.2) is 5.82 Å². The van der Waals surface area contributed by atoms with Crippen LogP contribution in [0, 0.1) is 0 Å². The number of aromatic nitrogens is 2. The summed E-state index contributed by atoms with van der Waals surface area (Å²) in [6.07, 6.45) is 3.20. The summed E-state index contributed by atoms with van der Waals surface area (Å²) in [4.78, 5) is 12.9. The molecule has 110 valence electrons.